The highest BCUT2D eigenvalue weighted by Crippen LogP contribution is 2.42. The van der Waals surface area contributed by atoms with Crippen molar-refractivity contribution in [1.82, 2.24) is 0 Å². The Morgan fingerprint density at radius 2 is 1.37 bits per heavy atom. The van der Waals surface area contributed by atoms with Crippen LogP contribution in [-0.2, 0) is 15.3 Å². The van der Waals surface area contributed by atoms with Gasteiger partial charge in [-0.3, -0.25) is 0 Å². The summed E-state index contributed by atoms with van der Waals surface area (Å²) in [6.45, 7) is 11.3. The van der Waals surface area contributed by atoms with Gasteiger partial charge < -0.3 is 15.2 Å². The summed E-state index contributed by atoms with van der Waals surface area (Å²) in [4.78, 5) is 0. The second kappa shape index (κ2) is 13.3. The topological polar surface area (TPSA) is 44.5 Å². The number of ether oxygens (including phenoxy) is 2. The Bertz CT molecular complexity index is 463. The molecular formula is C24H43NO2. The molecule has 2 N–H and O–H groups in total. The summed E-state index contributed by atoms with van der Waals surface area (Å²) in [7, 11) is 0. The second-order valence-electron chi connectivity index (χ2n) is 8.20. The molecule has 27 heavy (non-hydrogen) atoms. The van der Waals surface area contributed by atoms with Gasteiger partial charge in [0.05, 0.1) is 12.2 Å². The highest BCUT2D eigenvalue weighted by Gasteiger charge is 2.43. The first-order valence-corrected chi connectivity index (χ1v) is 11.1. The Kier molecular flexibility index (Phi) is 11.9. The third-order valence-corrected chi connectivity index (χ3v) is 4.96. The van der Waals surface area contributed by atoms with Crippen LogP contribution in [-0.4, -0.2) is 18.8 Å². The Balaban J connectivity index is 3.05. The second-order valence-corrected chi connectivity index (χ2v) is 8.20. The molecule has 156 valence electrons. The molecule has 1 atom stereocenters. The summed E-state index contributed by atoms with van der Waals surface area (Å²) in [6.07, 6.45) is 9.90. The van der Waals surface area contributed by atoms with E-state index >= 15 is 0 Å². The lowest BCUT2D eigenvalue weighted by Crippen LogP contribution is -2.45. The summed E-state index contributed by atoms with van der Waals surface area (Å²) in [5.41, 5.74) is 7.13. The van der Waals surface area contributed by atoms with Crippen LogP contribution < -0.4 is 5.73 Å². The van der Waals surface area contributed by atoms with Crippen LogP contribution in [0.2, 0.25) is 0 Å². The van der Waals surface area contributed by atoms with Crippen LogP contribution in [0, 0.1) is 5.92 Å². The molecule has 3 heteroatoms. The van der Waals surface area contributed by atoms with Crippen molar-refractivity contribution in [3.63, 3.8) is 0 Å². The number of unbranched alkanes of at least 4 members (excludes halogenated alkanes) is 5. The molecular weight excluding hydrogens is 334 g/mol. The standard InChI is InChI=1S/C24H43NO2/c1-6-7-8-9-10-12-17-23(18-19-25)24(26-20(2)3,27-21(4)5)22-15-13-11-14-16-22/h11,13-16,20-21,23H,6-10,12,17-19,25H2,1-5H3. The Morgan fingerprint density at radius 1 is 0.815 bits per heavy atom. The van der Waals surface area contributed by atoms with E-state index in [9.17, 15) is 0 Å². The summed E-state index contributed by atoms with van der Waals surface area (Å²) in [6, 6.07) is 10.5. The van der Waals surface area contributed by atoms with Crippen molar-refractivity contribution in [3.05, 3.63) is 35.9 Å². The molecule has 0 aliphatic carbocycles. The molecule has 0 saturated carbocycles. The molecule has 0 heterocycles. The van der Waals surface area contributed by atoms with E-state index < -0.39 is 5.79 Å². The van der Waals surface area contributed by atoms with E-state index in [0.29, 0.717) is 6.54 Å². The van der Waals surface area contributed by atoms with Gasteiger partial charge in [0.25, 0.3) is 0 Å². The normalized spacial score (nSPS) is 13.5. The minimum absolute atomic E-state index is 0.0776. The quantitative estimate of drug-likeness (QED) is 0.284. The van der Waals surface area contributed by atoms with E-state index in [1.165, 1.54) is 38.5 Å². The first-order valence-electron chi connectivity index (χ1n) is 11.1. The third-order valence-electron chi connectivity index (χ3n) is 4.96. The van der Waals surface area contributed by atoms with Crippen molar-refractivity contribution in [2.45, 2.75) is 104 Å². The molecule has 1 aromatic rings. The predicted octanol–water partition coefficient (Wildman–Crippen LogP) is 6.41. The highest BCUT2D eigenvalue weighted by molar-refractivity contribution is 5.22. The summed E-state index contributed by atoms with van der Waals surface area (Å²) in [5, 5.41) is 0. The fourth-order valence-electron chi connectivity index (χ4n) is 3.86. The van der Waals surface area contributed by atoms with Crippen LogP contribution in [0.15, 0.2) is 30.3 Å². The van der Waals surface area contributed by atoms with Gasteiger partial charge in [-0.15, -0.1) is 0 Å². The van der Waals surface area contributed by atoms with E-state index in [1.54, 1.807) is 0 Å². The van der Waals surface area contributed by atoms with Crippen molar-refractivity contribution in [3.8, 4) is 0 Å². The SMILES string of the molecule is CCCCCCCCC(CCN)C(OC(C)C)(OC(C)C)c1ccccc1. The monoisotopic (exact) mass is 377 g/mol. The van der Waals surface area contributed by atoms with Crippen molar-refractivity contribution in [2.75, 3.05) is 6.54 Å². The zero-order chi connectivity index (χ0) is 20.1. The maximum absolute atomic E-state index is 6.57. The maximum Gasteiger partial charge on any atom is 0.198 e. The fourth-order valence-corrected chi connectivity index (χ4v) is 3.86. The lowest BCUT2D eigenvalue weighted by molar-refractivity contribution is -0.308. The molecule has 0 radical (unpaired) electrons. The lowest BCUT2D eigenvalue weighted by Gasteiger charge is -2.43. The van der Waals surface area contributed by atoms with Crippen molar-refractivity contribution < 1.29 is 9.47 Å². The molecule has 0 bridgehead atoms. The van der Waals surface area contributed by atoms with E-state index in [1.807, 2.05) is 6.07 Å². The van der Waals surface area contributed by atoms with E-state index in [0.717, 1.165) is 18.4 Å². The highest BCUT2D eigenvalue weighted by atomic mass is 16.7. The van der Waals surface area contributed by atoms with Gasteiger partial charge in [-0.25, -0.2) is 0 Å². The number of nitrogens with two attached hydrogens (primary N) is 1. The Hall–Kier alpha value is -0.900. The van der Waals surface area contributed by atoms with Crippen LogP contribution in [0.3, 0.4) is 0 Å². The molecule has 3 nitrogen and oxygen atoms in total. The summed E-state index contributed by atoms with van der Waals surface area (Å²) < 4.78 is 13.1. The van der Waals surface area contributed by atoms with Gasteiger partial charge in [-0.2, -0.15) is 0 Å². The van der Waals surface area contributed by atoms with Crippen molar-refractivity contribution in [2.24, 2.45) is 11.7 Å². The van der Waals surface area contributed by atoms with E-state index in [2.05, 4.69) is 58.9 Å². The maximum atomic E-state index is 6.57. The molecule has 0 aliphatic rings. The van der Waals surface area contributed by atoms with Crippen molar-refractivity contribution in [1.29, 1.82) is 0 Å². The zero-order valence-corrected chi connectivity index (χ0v) is 18.4. The first kappa shape index (κ1) is 24.1. The average molecular weight is 378 g/mol. The third kappa shape index (κ3) is 8.33. The van der Waals surface area contributed by atoms with Gasteiger partial charge in [0.2, 0.25) is 0 Å². The molecule has 0 spiro atoms. The fraction of sp³-hybridized carbons (Fsp3) is 0.750. The molecule has 0 saturated heterocycles. The van der Waals surface area contributed by atoms with Crippen LogP contribution in [0.5, 0.6) is 0 Å². The number of benzene rings is 1. The lowest BCUT2D eigenvalue weighted by atomic mass is 9.84. The first-order chi connectivity index (χ1) is 13.0. The number of rotatable bonds is 15. The van der Waals surface area contributed by atoms with Gasteiger partial charge in [0.15, 0.2) is 5.79 Å². The molecule has 0 amide bonds. The van der Waals surface area contributed by atoms with Gasteiger partial charge >= 0.3 is 0 Å². The molecule has 1 unspecified atom stereocenters. The Labute approximate surface area is 168 Å². The molecule has 0 aromatic heterocycles. The van der Waals surface area contributed by atoms with E-state index in [-0.39, 0.29) is 18.1 Å². The van der Waals surface area contributed by atoms with Gasteiger partial charge in [-0.1, -0.05) is 75.8 Å². The van der Waals surface area contributed by atoms with Crippen LogP contribution in [0.4, 0.5) is 0 Å². The Morgan fingerprint density at radius 3 is 1.89 bits per heavy atom. The van der Waals surface area contributed by atoms with Gasteiger partial charge in [0, 0.05) is 11.5 Å². The zero-order valence-electron chi connectivity index (χ0n) is 18.4. The molecule has 0 fully saturated rings. The average Bonchev–Trinajstić information content (AvgIpc) is 2.63. The van der Waals surface area contributed by atoms with Crippen LogP contribution in [0.25, 0.3) is 0 Å². The smallest absolute Gasteiger partial charge is 0.198 e. The van der Waals surface area contributed by atoms with Gasteiger partial charge in [0.1, 0.15) is 0 Å². The number of hydrogen-bond acceptors (Lipinski definition) is 3. The molecule has 1 aromatic carbocycles. The van der Waals surface area contributed by atoms with Gasteiger partial charge in [-0.05, 0) is 47.1 Å². The van der Waals surface area contributed by atoms with Crippen molar-refractivity contribution >= 4 is 0 Å². The van der Waals surface area contributed by atoms with Crippen LogP contribution >= 0.6 is 0 Å². The largest absolute Gasteiger partial charge is 0.343 e. The number of hydrogen-bond donors (Lipinski definition) is 1. The minimum atomic E-state index is -0.730. The van der Waals surface area contributed by atoms with Crippen LogP contribution in [0.1, 0.15) is 91.5 Å². The minimum Gasteiger partial charge on any atom is -0.343 e. The molecule has 0 aliphatic heterocycles. The summed E-state index contributed by atoms with van der Waals surface area (Å²) in [5.74, 6) is -0.479. The molecule has 1 rings (SSSR count). The summed E-state index contributed by atoms with van der Waals surface area (Å²) >= 11 is 0. The van der Waals surface area contributed by atoms with E-state index in [4.69, 9.17) is 15.2 Å². The predicted molar refractivity (Wildman–Crippen MR) is 116 cm³/mol.